The predicted molar refractivity (Wildman–Crippen MR) is 47.5 cm³/mol. The van der Waals surface area contributed by atoms with Gasteiger partial charge in [0.25, 0.3) is 0 Å². The van der Waals surface area contributed by atoms with Crippen LogP contribution in [-0.2, 0) is 0 Å². The highest BCUT2D eigenvalue weighted by Gasteiger charge is 2.01. The van der Waals surface area contributed by atoms with Crippen LogP contribution in [-0.4, -0.2) is 14.2 Å². The summed E-state index contributed by atoms with van der Waals surface area (Å²) < 4.78 is 10.1. The summed E-state index contributed by atoms with van der Waals surface area (Å²) in [5, 5.41) is 2.52. The van der Waals surface area contributed by atoms with Crippen molar-refractivity contribution in [2.24, 2.45) is 0 Å². The summed E-state index contributed by atoms with van der Waals surface area (Å²) in [4.78, 5) is 0. The van der Waals surface area contributed by atoms with Crippen molar-refractivity contribution in [3.8, 4) is 11.5 Å². The Bertz CT molecular complexity index is 261. The van der Waals surface area contributed by atoms with Crippen molar-refractivity contribution >= 4 is 5.69 Å². The molecule has 1 N–H and O–H groups in total. The summed E-state index contributed by atoms with van der Waals surface area (Å²) in [6.45, 7) is 0. The van der Waals surface area contributed by atoms with Gasteiger partial charge in [0.15, 0.2) is 0 Å². The molecular weight excluding hydrogens is 154 g/mol. The molecule has 0 aromatic heterocycles. The molecule has 1 aromatic rings. The van der Waals surface area contributed by atoms with Gasteiger partial charge in [0, 0.05) is 6.07 Å². The van der Waals surface area contributed by atoms with Crippen molar-refractivity contribution in [2.45, 2.75) is 0 Å². The van der Waals surface area contributed by atoms with Crippen molar-refractivity contribution in [2.75, 3.05) is 19.5 Å². The Kier molecular flexibility index (Phi) is 2.80. The second-order valence-electron chi connectivity index (χ2n) is 2.21. The lowest BCUT2D eigenvalue weighted by atomic mass is 10.3. The minimum absolute atomic E-state index is 0.664. The van der Waals surface area contributed by atoms with Crippen molar-refractivity contribution in [1.29, 1.82) is 0 Å². The van der Waals surface area contributed by atoms with Crippen LogP contribution < -0.4 is 14.8 Å². The monoisotopic (exact) mass is 165 g/mol. The fraction of sp³-hybridized carbons (Fsp3) is 0.222. The highest BCUT2D eigenvalue weighted by molar-refractivity contribution is 5.59. The third-order valence-corrected chi connectivity index (χ3v) is 1.56. The second kappa shape index (κ2) is 3.85. The first-order valence-electron chi connectivity index (χ1n) is 3.50. The standard InChI is InChI=1S/C9H11NO2/c1-10-8-5-4-7(11-2)6-9(8)12-3/h1,4-6,10H,2-3H3. The number of hydrogen-bond acceptors (Lipinski definition) is 3. The van der Waals surface area contributed by atoms with E-state index in [-0.39, 0.29) is 0 Å². The number of rotatable bonds is 3. The van der Waals surface area contributed by atoms with Gasteiger partial charge in [-0.2, -0.15) is 0 Å². The number of benzene rings is 1. The Morgan fingerprint density at radius 3 is 2.50 bits per heavy atom. The van der Waals surface area contributed by atoms with Gasteiger partial charge in [0.1, 0.15) is 11.5 Å². The first kappa shape index (κ1) is 8.71. The van der Waals surface area contributed by atoms with Crippen LogP contribution in [0.3, 0.4) is 0 Å². The Hall–Kier alpha value is -1.38. The summed E-state index contributed by atoms with van der Waals surface area (Å²) in [5.74, 6) is 1.41. The number of methoxy groups -OCH3 is 2. The van der Waals surface area contributed by atoms with E-state index in [0.717, 1.165) is 11.4 Å². The summed E-state index contributed by atoms with van der Waals surface area (Å²) >= 11 is 0. The normalized spacial score (nSPS) is 9.25. The SMILES string of the molecule is [CH]Nc1ccc(OC)cc1OC. The van der Waals surface area contributed by atoms with Gasteiger partial charge >= 0.3 is 0 Å². The van der Waals surface area contributed by atoms with E-state index in [0.29, 0.717) is 5.75 Å². The molecule has 0 aliphatic rings. The molecule has 1 aromatic carbocycles. The van der Waals surface area contributed by atoms with E-state index in [9.17, 15) is 0 Å². The van der Waals surface area contributed by atoms with Gasteiger partial charge in [0.05, 0.1) is 27.0 Å². The van der Waals surface area contributed by atoms with Gasteiger partial charge in [-0.25, -0.2) is 0 Å². The first-order valence-corrected chi connectivity index (χ1v) is 3.50. The van der Waals surface area contributed by atoms with Crippen LogP contribution in [0.4, 0.5) is 5.69 Å². The Morgan fingerprint density at radius 2 is 2.00 bits per heavy atom. The van der Waals surface area contributed by atoms with Gasteiger partial charge in [-0.15, -0.1) is 0 Å². The van der Waals surface area contributed by atoms with E-state index in [1.54, 1.807) is 32.4 Å². The first-order chi connectivity index (χ1) is 5.81. The molecule has 64 valence electrons. The fourth-order valence-electron chi connectivity index (χ4n) is 0.918. The van der Waals surface area contributed by atoms with Gasteiger partial charge in [-0.3, -0.25) is 0 Å². The van der Waals surface area contributed by atoms with Crippen molar-refractivity contribution in [3.63, 3.8) is 0 Å². The maximum Gasteiger partial charge on any atom is 0.145 e. The Labute approximate surface area is 72.3 Å². The predicted octanol–water partition coefficient (Wildman–Crippen LogP) is 1.78. The largest absolute Gasteiger partial charge is 0.497 e. The highest BCUT2D eigenvalue weighted by Crippen LogP contribution is 2.28. The Balaban J connectivity index is 3.02. The van der Waals surface area contributed by atoms with Crippen LogP contribution in [0.2, 0.25) is 0 Å². The molecule has 0 aliphatic carbocycles. The summed E-state index contributed by atoms with van der Waals surface area (Å²) in [6, 6.07) is 5.35. The van der Waals surface area contributed by atoms with Crippen LogP contribution in [0.5, 0.6) is 11.5 Å². The minimum Gasteiger partial charge on any atom is -0.497 e. The maximum absolute atomic E-state index is 5.25. The molecule has 0 aliphatic heterocycles. The third kappa shape index (κ3) is 1.61. The van der Waals surface area contributed by atoms with Crippen molar-refractivity contribution in [3.05, 3.63) is 25.2 Å². The molecule has 0 unspecified atom stereocenters. The molecule has 1 rings (SSSR count). The van der Waals surface area contributed by atoms with Crippen LogP contribution >= 0.6 is 0 Å². The Morgan fingerprint density at radius 1 is 1.25 bits per heavy atom. The molecule has 0 fully saturated rings. The average Bonchev–Trinajstić information content (AvgIpc) is 2.16. The molecule has 0 amide bonds. The molecule has 0 heterocycles. The number of nitrogens with one attached hydrogen (secondary N) is 1. The number of hydrogen-bond donors (Lipinski definition) is 1. The highest BCUT2D eigenvalue weighted by atomic mass is 16.5. The lowest BCUT2D eigenvalue weighted by Crippen LogP contribution is -1.92. The van der Waals surface area contributed by atoms with Gasteiger partial charge in [-0.1, -0.05) is 0 Å². The molecular formula is C9H11NO2. The third-order valence-electron chi connectivity index (χ3n) is 1.56. The second-order valence-corrected chi connectivity index (χ2v) is 2.21. The average molecular weight is 165 g/mol. The summed E-state index contributed by atoms with van der Waals surface area (Å²) in [5.41, 5.74) is 0.735. The molecule has 12 heavy (non-hydrogen) atoms. The van der Waals surface area contributed by atoms with Gasteiger partial charge in [0.2, 0.25) is 0 Å². The fourth-order valence-corrected chi connectivity index (χ4v) is 0.918. The molecule has 2 radical (unpaired) electrons. The molecule has 0 saturated heterocycles. The van der Waals surface area contributed by atoms with E-state index in [1.807, 2.05) is 0 Å². The lowest BCUT2D eigenvalue weighted by molar-refractivity contribution is 0.395. The van der Waals surface area contributed by atoms with Gasteiger partial charge in [-0.05, 0) is 12.1 Å². The van der Waals surface area contributed by atoms with Crippen LogP contribution in [0, 0.1) is 7.05 Å². The maximum atomic E-state index is 5.25. The summed E-state index contributed by atoms with van der Waals surface area (Å²) in [7, 11) is 8.43. The van der Waals surface area contributed by atoms with Gasteiger partial charge < -0.3 is 14.8 Å². The van der Waals surface area contributed by atoms with E-state index in [4.69, 9.17) is 16.5 Å². The summed E-state index contributed by atoms with van der Waals surface area (Å²) in [6.07, 6.45) is 0. The number of ether oxygens (including phenoxy) is 2. The van der Waals surface area contributed by atoms with E-state index < -0.39 is 0 Å². The molecule has 0 bridgehead atoms. The molecule has 0 atom stereocenters. The van der Waals surface area contributed by atoms with Crippen molar-refractivity contribution < 1.29 is 9.47 Å². The molecule has 3 nitrogen and oxygen atoms in total. The van der Waals surface area contributed by atoms with E-state index in [2.05, 4.69) is 5.32 Å². The van der Waals surface area contributed by atoms with Crippen molar-refractivity contribution in [1.82, 2.24) is 0 Å². The lowest BCUT2D eigenvalue weighted by Gasteiger charge is -2.08. The molecule has 0 spiro atoms. The quantitative estimate of drug-likeness (QED) is 0.692. The zero-order chi connectivity index (χ0) is 8.97. The van der Waals surface area contributed by atoms with Crippen LogP contribution in [0.25, 0.3) is 0 Å². The van der Waals surface area contributed by atoms with E-state index >= 15 is 0 Å². The van der Waals surface area contributed by atoms with Crippen LogP contribution in [0.15, 0.2) is 18.2 Å². The topological polar surface area (TPSA) is 30.5 Å². The zero-order valence-corrected chi connectivity index (χ0v) is 7.13. The smallest absolute Gasteiger partial charge is 0.145 e. The van der Waals surface area contributed by atoms with Crippen LogP contribution in [0.1, 0.15) is 0 Å². The molecule has 0 saturated carbocycles. The minimum atomic E-state index is 0.664. The number of anilines is 1. The molecule has 3 heteroatoms. The van der Waals surface area contributed by atoms with E-state index in [1.165, 1.54) is 0 Å². The zero-order valence-electron chi connectivity index (χ0n) is 7.13.